The van der Waals surface area contributed by atoms with Gasteiger partial charge >= 0.3 is 0 Å². The molecule has 6 heteroatoms. The van der Waals surface area contributed by atoms with Crippen molar-refractivity contribution < 1.29 is 9.90 Å². The summed E-state index contributed by atoms with van der Waals surface area (Å²) in [5.74, 6) is -0.0904. The number of carbonyl (C=O) groups excluding carboxylic acids is 1. The predicted molar refractivity (Wildman–Crippen MR) is 107 cm³/mol. The van der Waals surface area contributed by atoms with Gasteiger partial charge < -0.3 is 15.0 Å². The summed E-state index contributed by atoms with van der Waals surface area (Å²) < 4.78 is 0. The Morgan fingerprint density at radius 1 is 1.07 bits per heavy atom. The molecule has 3 heterocycles. The first kappa shape index (κ1) is 18.9. The zero-order valence-corrected chi connectivity index (χ0v) is 16.1. The first-order chi connectivity index (χ1) is 13.5. The van der Waals surface area contributed by atoms with Crippen molar-refractivity contribution in [3.05, 3.63) is 69.6 Å². The van der Waals surface area contributed by atoms with E-state index in [1.165, 1.54) is 23.4 Å². The van der Waals surface area contributed by atoms with Crippen LogP contribution in [0.1, 0.15) is 40.7 Å². The van der Waals surface area contributed by atoms with Crippen molar-refractivity contribution in [2.45, 2.75) is 37.8 Å². The fraction of sp³-hybridized carbons (Fsp3) is 0.455. The summed E-state index contributed by atoms with van der Waals surface area (Å²) in [7, 11) is 0. The Hall–Kier alpha value is -2.44. The van der Waals surface area contributed by atoms with Crippen LogP contribution in [-0.2, 0) is 13.0 Å². The Balaban J connectivity index is 1.38. The van der Waals surface area contributed by atoms with Crippen LogP contribution in [0.25, 0.3) is 0 Å². The molecule has 1 aromatic carbocycles. The van der Waals surface area contributed by atoms with Crippen LogP contribution in [0.4, 0.5) is 0 Å². The normalized spacial score (nSPS) is 23.1. The van der Waals surface area contributed by atoms with Crippen molar-refractivity contribution in [1.82, 2.24) is 14.8 Å². The molecule has 0 saturated carbocycles. The molecule has 1 amide bonds. The maximum absolute atomic E-state index is 12.7. The molecule has 1 saturated heterocycles. The van der Waals surface area contributed by atoms with E-state index in [-0.39, 0.29) is 11.5 Å². The Kier molecular flexibility index (Phi) is 5.33. The highest BCUT2D eigenvalue weighted by molar-refractivity contribution is 5.93. The first-order valence-electron chi connectivity index (χ1n) is 10.0. The summed E-state index contributed by atoms with van der Waals surface area (Å²) >= 11 is 0. The smallest absolute Gasteiger partial charge is 0.255 e. The third-order valence-electron chi connectivity index (χ3n) is 5.96. The number of fused-ring (bicyclic) bond motifs is 1. The first-order valence-corrected chi connectivity index (χ1v) is 10.0. The van der Waals surface area contributed by atoms with E-state index < -0.39 is 5.60 Å². The summed E-state index contributed by atoms with van der Waals surface area (Å²) in [4.78, 5) is 30.6. The number of carbonyl (C=O) groups is 1. The lowest BCUT2D eigenvalue weighted by molar-refractivity contribution is -0.0118. The molecule has 1 aromatic heterocycles. The highest BCUT2D eigenvalue weighted by Crippen LogP contribution is 2.27. The molecule has 0 bridgehead atoms. The predicted octanol–water partition coefficient (Wildman–Crippen LogP) is 1.79. The number of benzene rings is 1. The molecule has 28 heavy (non-hydrogen) atoms. The summed E-state index contributed by atoms with van der Waals surface area (Å²) in [6.45, 7) is 3.63. The van der Waals surface area contributed by atoms with Crippen LogP contribution >= 0.6 is 0 Å². The molecule has 0 radical (unpaired) electrons. The van der Waals surface area contributed by atoms with Crippen molar-refractivity contribution in [2.24, 2.45) is 0 Å². The van der Waals surface area contributed by atoms with Crippen LogP contribution in [0.5, 0.6) is 0 Å². The number of hydrogen-bond donors (Lipinski definition) is 2. The molecule has 6 nitrogen and oxygen atoms in total. The second-order valence-electron chi connectivity index (χ2n) is 8.04. The van der Waals surface area contributed by atoms with E-state index >= 15 is 0 Å². The van der Waals surface area contributed by atoms with Crippen molar-refractivity contribution in [3.8, 4) is 0 Å². The standard InChI is InChI=1S/C22H27N3O3/c26-20-7-6-18(14-23-20)21(27)25-11-3-9-22(28,10-13-25)16-24-12-8-17-4-1-2-5-19(17)15-24/h1-2,4-7,14,28H,3,8-13,15-16H2,(H,23,26). The summed E-state index contributed by atoms with van der Waals surface area (Å²) in [6.07, 6.45) is 4.52. The van der Waals surface area contributed by atoms with E-state index in [1.807, 2.05) is 0 Å². The van der Waals surface area contributed by atoms with Crippen LogP contribution in [0.15, 0.2) is 47.4 Å². The van der Waals surface area contributed by atoms with Gasteiger partial charge in [0.1, 0.15) is 0 Å². The molecule has 2 aliphatic rings. The molecule has 0 aliphatic carbocycles. The van der Waals surface area contributed by atoms with Crippen LogP contribution in [0.3, 0.4) is 0 Å². The van der Waals surface area contributed by atoms with E-state index in [2.05, 4.69) is 34.1 Å². The maximum atomic E-state index is 12.7. The highest BCUT2D eigenvalue weighted by Gasteiger charge is 2.34. The second kappa shape index (κ2) is 7.89. The van der Waals surface area contributed by atoms with E-state index in [0.29, 0.717) is 38.0 Å². The van der Waals surface area contributed by atoms with Crippen LogP contribution in [0, 0.1) is 0 Å². The topological polar surface area (TPSA) is 76.6 Å². The molecular formula is C22H27N3O3. The van der Waals surface area contributed by atoms with Gasteiger partial charge in [0, 0.05) is 45.0 Å². The molecule has 1 unspecified atom stereocenters. The molecule has 1 atom stereocenters. The van der Waals surface area contributed by atoms with Crippen molar-refractivity contribution >= 4 is 5.91 Å². The average Bonchev–Trinajstić information content (AvgIpc) is 2.89. The second-order valence-corrected chi connectivity index (χ2v) is 8.04. The van der Waals surface area contributed by atoms with Crippen LogP contribution in [-0.4, -0.2) is 57.6 Å². The number of rotatable bonds is 3. The van der Waals surface area contributed by atoms with Gasteiger partial charge in [0.15, 0.2) is 0 Å². The highest BCUT2D eigenvalue weighted by atomic mass is 16.3. The monoisotopic (exact) mass is 381 g/mol. The lowest BCUT2D eigenvalue weighted by atomic mass is 9.92. The van der Waals surface area contributed by atoms with Gasteiger partial charge in [-0.05, 0) is 42.9 Å². The minimum absolute atomic E-state index is 0.0904. The van der Waals surface area contributed by atoms with Gasteiger partial charge in [0.05, 0.1) is 11.2 Å². The number of aromatic nitrogens is 1. The molecule has 148 valence electrons. The number of H-pyrrole nitrogens is 1. The average molecular weight is 381 g/mol. The third-order valence-corrected chi connectivity index (χ3v) is 5.96. The number of β-amino-alcohol motifs (C(OH)–C–C–N with tert-alkyl or cyclic N) is 1. The molecule has 4 rings (SSSR count). The molecule has 2 aromatic rings. The van der Waals surface area contributed by atoms with Gasteiger partial charge in [-0.3, -0.25) is 14.5 Å². The maximum Gasteiger partial charge on any atom is 0.255 e. The van der Waals surface area contributed by atoms with Gasteiger partial charge in [-0.2, -0.15) is 0 Å². The molecule has 0 spiro atoms. The fourth-order valence-electron chi connectivity index (χ4n) is 4.37. The fourth-order valence-corrected chi connectivity index (χ4v) is 4.37. The van der Waals surface area contributed by atoms with Gasteiger partial charge in [0.2, 0.25) is 5.56 Å². The Morgan fingerprint density at radius 2 is 1.89 bits per heavy atom. The SMILES string of the molecule is O=C(c1ccc(=O)[nH]c1)N1CCCC(O)(CN2CCc3ccccc3C2)CC1. The molecule has 1 fully saturated rings. The minimum Gasteiger partial charge on any atom is -0.388 e. The van der Waals surface area contributed by atoms with Gasteiger partial charge in [0.25, 0.3) is 5.91 Å². The van der Waals surface area contributed by atoms with Crippen LogP contribution < -0.4 is 5.56 Å². The van der Waals surface area contributed by atoms with Gasteiger partial charge in [-0.15, -0.1) is 0 Å². The van der Waals surface area contributed by atoms with Gasteiger partial charge in [-0.1, -0.05) is 24.3 Å². The van der Waals surface area contributed by atoms with Crippen molar-refractivity contribution in [1.29, 1.82) is 0 Å². The number of hydrogen-bond acceptors (Lipinski definition) is 4. The Morgan fingerprint density at radius 3 is 2.68 bits per heavy atom. The van der Waals surface area contributed by atoms with E-state index in [1.54, 1.807) is 11.0 Å². The lowest BCUT2D eigenvalue weighted by Crippen LogP contribution is -2.45. The van der Waals surface area contributed by atoms with Crippen LogP contribution in [0.2, 0.25) is 0 Å². The van der Waals surface area contributed by atoms with E-state index in [0.717, 1.165) is 25.9 Å². The third kappa shape index (κ3) is 4.18. The number of pyridine rings is 1. The number of nitrogens with zero attached hydrogens (tertiary/aromatic N) is 2. The molecular weight excluding hydrogens is 354 g/mol. The zero-order chi connectivity index (χ0) is 19.6. The van der Waals surface area contributed by atoms with Gasteiger partial charge in [-0.25, -0.2) is 0 Å². The quantitative estimate of drug-likeness (QED) is 0.850. The number of amides is 1. The number of likely N-dealkylation sites (tertiary alicyclic amines) is 1. The lowest BCUT2D eigenvalue weighted by Gasteiger charge is -2.36. The Labute approximate surface area is 164 Å². The summed E-state index contributed by atoms with van der Waals surface area (Å²) in [6, 6.07) is 11.4. The Bertz CT molecular complexity index is 889. The van der Waals surface area contributed by atoms with E-state index in [9.17, 15) is 14.7 Å². The van der Waals surface area contributed by atoms with E-state index in [4.69, 9.17) is 0 Å². The zero-order valence-electron chi connectivity index (χ0n) is 16.1. The number of aromatic amines is 1. The summed E-state index contributed by atoms with van der Waals surface area (Å²) in [5, 5.41) is 11.2. The minimum atomic E-state index is -0.772. The van der Waals surface area contributed by atoms with Crippen molar-refractivity contribution in [2.75, 3.05) is 26.2 Å². The molecule has 2 aliphatic heterocycles. The number of aliphatic hydroxyl groups is 1. The number of nitrogens with one attached hydrogen (secondary N) is 1. The largest absolute Gasteiger partial charge is 0.388 e. The summed E-state index contributed by atoms with van der Waals surface area (Å²) in [5.41, 5.74) is 2.25. The molecule has 2 N–H and O–H groups in total. The van der Waals surface area contributed by atoms with Crippen molar-refractivity contribution in [3.63, 3.8) is 0 Å².